The number of carboxylic acid groups (broad SMARTS) is 1. The zero-order chi connectivity index (χ0) is 22.9. The van der Waals surface area contributed by atoms with Crippen LogP contribution in [0.25, 0.3) is 22.1 Å². The van der Waals surface area contributed by atoms with Crippen LogP contribution in [0.1, 0.15) is 41.2 Å². The predicted octanol–water partition coefficient (Wildman–Crippen LogP) is 3.71. The SMILES string of the molecule is CCc1cc2cc(C)c(CC(=O)O)c(C3=c4nccc5c4=C(C=C4C[C@H]43)OCC5)c2cc1F. The van der Waals surface area contributed by atoms with E-state index in [9.17, 15) is 9.90 Å². The predicted molar refractivity (Wildman–Crippen MR) is 125 cm³/mol. The molecule has 1 aromatic heterocycles. The number of nitrogens with zero attached hydrogens (tertiary/aromatic N) is 1. The molecule has 1 N–H and O–H groups in total. The maximum Gasteiger partial charge on any atom is 0.307 e. The summed E-state index contributed by atoms with van der Waals surface area (Å²) in [5.41, 5.74) is 6.58. The van der Waals surface area contributed by atoms with Gasteiger partial charge in [-0.1, -0.05) is 18.6 Å². The van der Waals surface area contributed by atoms with Gasteiger partial charge < -0.3 is 9.84 Å². The summed E-state index contributed by atoms with van der Waals surface area (Å²) in [6, 6.07) is 7.52. The Balaban J connectivity index is 1.81. The first-order valence-electron chi connectivity index (χ1n) is 11.5. The summed E-state index contributed by atoms with van der Waals surface area (Å²) in [5, 5.41) is 13.3. The first-order chi connectivity index (χ1) is 16.0. The third kappa shape index (κ3) is 3.10. The molecule has 33 heavy (non-hydrogen) atoms. The number of carboxylic acids is 1. The Hall–Kier alpha value is -3.47. The normalized spacial score (nSPS) is 18.3. The number of hydrogen-bond acceptors (Lipinski definition) is 3. The lowest BCUT2D eigenvalue weighted by atomic mass is 9.85. The summed E-state index contributed by atoms with van der Waals surface area (Å²) < 4.78 is 21.1. The third-order valence-corrected chi connectivity index (χ3v) is 7.18. The number of carbonyl (C=O) groups is 1. The molecular formula is C28H24FNO3. The van der Waals surface area contributed by atoms with Gasteiger partial charge >= 0.3 is 5.97 Å². The van der Waals surface area contributed by atoms with Crippen LogP contribution in [0.3, 0.4) is 0 Å². The van der Waals surface area contributed by atoms with Crippen LogP contribution in [0.4, 0.5) is 4.39 Å². The summed E-state index contributed by atoms with van der Waals surface area (Å²) in [7, 11) is 0. The molecule has 0 spiro atoms. The number of allylic oxidation sites excluding steroid dienone is 1. The van der Waals surface area contributed by atoms with Gasteiger partial charge in [0.2, 0.25) is 0 Å². The second-order valence-corrected chi connectivity index (χ2v) is 9.18. The van der Waals surface area contributed by atoms with Crippen LogP contribution in [0.15, 0.2) is 42.1 Å². The largest absolute Gasteiger partial charge is 0.493 e. The second-order valence-electron chi connectivity index (χ2n) is 9.18. The molecule has 2 aliphatic carbocycles. The molecule has 6 rings (SSSR count). The highest BCUT2D eigenvalue weighted by atomic mass is 19.1. The van der Waals surface area contributed by atoms with Crippen molar-refractivity contribution in [1.29, 1.82) is 0 Å². The molecule has 0 bridgehead atoms. The quantitative estimate of drug-likeness (QED) is 0.671. The van der Waals surface area contributed by atoms with Gasteiger partial charge in [-0.25, -0.2) is 4.39 Å². The standard InChI is InChI=1S/C28H24FNO3/c1-3-15-9-17-8-14(2)19(13-24(31)32)26(21(17)12-22(15)29)27-20-10-18(20)11-23-25-16(5-7-33-23)4-6-30-28(25)27/h4,6,8-9,11-12,20H,3,5,7,10,13H2,1-2H3,(H,31,32)/t20-/m1/s1. The Kier molecular flexibility index (Phi) is 4.44. The minimum atomic E-state index is -0.899. The number of hydrogen-bond donors (Lipinski definition) is 1. The van der Waals surface area contributed by atoms with E-state index >= 15 is 4.39 Å². The lowest BCUT2D eigenvalue weighted by molar-refractivity contribution is -0.136. The summed E-state index contributed by atoms with van der Waals surface area (Å²) in [6.45, 7) is 4.53. The number of aliphatic carboxylic acids is 1. The molecule has 0 amide bonds. The van der Waals surface area contributed by atoms with Crippen molar-refractivity contribution in [2.24, 2.45) is 5.92 Å². The van der Waals surface area contributed by atoms with E-state index in [0.717, 1.165) is 62.2 Å². The molecule has 4 nitrogen and oxygen atoms in total. The Morgan fingerprint density at radius 2 is 2.15 bits per heavy atom. The highest BCUT2D eigenvalue weighted by molar-refractivity contribution is 5.99. The van der Waals surface area contributed by atoms with Gasteiger partial charge in [0.25, 0.3) is 0 Å². The van der Waals surface area contributed by atoms with E-state index in [1.54, 1.807) is 6.07 Å². The van der Waals surface area contributed by atoms with Gasteiger partial charge in [0, 0.05) is 23.8 Å². The Morgan fingerprint density at radius 3 is 2.94 bits per heavy atom. The first-order valence-corrected chi connectivity index (χ1v) is 11.5. The molecule has 5 heteroatoms. The fraction of sp³-hybridized carbons (Fsp3) is 0.286. The molecule has 0 unspecified atom stereocenters. The van der Waals surface area contributed by atoms with Crippen molar-refractivity contribution in [3.63, 3.8) is 0 Å². The van der Waals surface area contributed by atoms with Gasteiger partial charge in [0.05, 0.1) is 18.4 Å². The van der Waals surface area contributed by atoms with Crippen molar-refractivity contribution in [1.82, 2.24) is 4.98 Å². The number of fused-ring (bicyclic) bond motifs is 2. The molecular weight excluding hydrogens is 417 g/mol. The minimum absolute atomic E-state index is 0.119. The van der Waals surface area contributed by atoms with E-state index in [2.05, 4.69) is 6.08 Å². The fourth-order valence-corrected chi connectivity index (χ4v) is 5.51. The second kappa shape index (κ2) is 7.27. The van der Waals surface area contributed by atoms with Gasteiger partial charge in [0.1, 0.15) is 11.6 Å². The van der Waals surface area contributed by atoms with E-state index in [1.807, 2.05) is 38.2 Å². The third-order valence-electron chi connectivity index (χ3n) is 7.18. The molecule has 0 saturated heterocycles. The molecule has 2 aromatic carbocycles. The van der Waals surface area contributed by atoms with Crippen molar-refractivity contribution in [2.75, 3.05) is 6.61 Å². The van der Waals surface area contributed by atoms with E-state index < -0.39 is 5.97 Å². The molecule has 1 saturated carbocycles. The van der Waals surface area contributed by atoms with Crippen molar-refractivity contribution in [2.45, 2.75) is 39.5 Å². The summed E-state index contributed by atoms with van der Waals surface area (Å²) in [5.74, 6) is -0.167. The van der Waals surface area contributed by atoms with Crippen LogP contribution in [0, 0.1) is 18.7 Å². The van der Waals surface area contributed by atoms with E-state index in [-0.39, 0.29) is 18.2 Å². The molecule has 1 fully saturated rings. The number of ether oxygens (including phenoxy) is 1. The number of rotatable bonds is 4. The van der Waals surface area contributed by atoms with Crippen LogP contribution in [-0.2, 0) is 28.8 Å². The van der Waals surface area contributed by atoms with Gasteiger partial charge in [0.15, 0.2) is 0 Å². The average Bonchev–Trinajstić information content (AvgIpc) is 3.55. The highest BCUT2D eigenvalue weighted by Gasteiger charge is 2.39. The Labute approximate surface area is 190 Å². The minimum Gasteiger partial charge on any atom is -0.493 e. The molecule has 0 radical (unpaired) electrons. The van der Waals surface area contributed by atoms with Gasteiger partial charge in [-0.15, -0.1) is 0 Å². The molecule has 3 aromatic rings. The molecule has 1 atom stereocenters. The Bertz CT molecular complexity index is 1530. The fourth-order valence-electron chi connectivity index (χ4n) is 5.51. The number of pyridine rings is 1. The van der Waals surface area contributed by atoms with Crippen molar-refractivity contribution >= 4 is 28.1 Å². The number of aryl methyl sites for hydroxylation is 2. The van der Waals surface area contributed by atoms with Gasteiger partial charge in [-0.3, -0.25) is 9.78 Å². The zero-order valence-corrected chi connectivity index (χ0v) is 18.7. The summed E-state index contributed by atoms with van der Waals surface area (Å²) >= 11 is 0. The summed E-state index contributed by atoms with van der Waals surface area (Å²) in [6.07, 6.45) is 6.13. The first kappa shape index (κ1) is 20.2. The van der Waals surface area contributed by atoms with E-state index in [0.29, 0.717) is 18.6 Å². The van der Waals surface area contributed by atoms with Gasteiger partial charge in [-0.2, -0.15) is 0 Å². The monoisotopic (exact) mass is 441 g/mol. The van der Waals surface area contributed by atoms with E-state index in [4.69, 9.17) is 9.72 Å². The average molecular weight is 442 g/mol. The van der Waals surface area contributed by atoms with Gasteiger partial charge in [-0.05, 0) is 88.2 Å². The highest BCUT2D eigenvalue weighted by Crippen LogP contribution is 2.50. The molecule has 3 aliphatic rings. The van der Waals surface area contributed by atoms with Crippen LogP contribution < -0.4 is 10.6 Å². The lowest BCUT2D eigenvalue weighted by Gasteiger charge is -2.20. The van der Waals surface area contributed by atoms with Crippen molar-refractivity contribution in [3.8, 4) is 0 Å². The number of halogens is 1. The maximum atomic E-state index is 15.1. The molecule has 2 heterocycles. The summed E-state index contributed by atoms with van der Waals surface area (Å²) in [4.78, 5) is 16.7. The maximum absolute atomic E-state index is 15.1. The topological polar surface area (TPSA) is 59.4 Å². The Morgan fingerprint density at radius 1 is 1.30 bits per heavy atom. The number of aromatic nitrogens is 1. The van der Waals surface area contributed by atoms with Crippen LogP contribution in [0.2, 0.25) is 0 Å². The smallest absolute Gasteiger partial charge is 0.307 e. The van der Waals surface area contributed by atoms with Crippen molar-refractivity contribution < 1.29 is 19.0 Å². The molecule has 166 valence electrons. The van der Waals surface area contributed by atoms with Crippen LogP contribution in [-0.4, -0.2) is 22.7 Å². The van der Waals surface area contributed by atoms with Crippen molar-refractivity contribution in [3.05, 3.63) is 86.3 Å². The zero-order valence-electron chi connectivity index (χ0n) is 18.7. The lowest BCUT2D eigenvalue weighted by Crippen LogP contribution is -2.39. The molecule has 1 aliphatic heterocycles. The number of benzene rings is 2. The van der Waals surface area contributed by atoms with Crippen LogP contribution in [0.5, 0.6) is 0 Å². The van der Waals surface area contributed by atoms with E-state index in [1.165, 1.54) is 11.1 Å². The van der Waals surface area contributed by atoms with Crippen LogP contribution >= 0.6 is 0 Å².